The van der Waals surface area contributed by atoms with Crippen LogP contribution < -0.4 is 5.32 Å². The van der Waals surface area contributed by atoms with Crippen LogP contribution >= 0.6 is 0 Å². The average Bonchev–Trinajstić information content (AvgIpc) is 2.79. The molecule has 0 aliphatic carbocycles. The number of nitrogens with zero attached hydrogens (tertiary/aromatic N) is 1. The highest BCUT2D eigenvalue weighted by molar-refractivity contribution is 5.94. The van der Waals surface area contributed by atoms with Crippen molar-refractivity contribution in [1.29, 1.82) is 0 Å². The number of carbonyl (C=O) groups excluding carboxylic acids is 2. The Morgan fingerprint density at radius 1 is 1.14 bits per heavy atom. The summed E-state index contributed by atoms with van der Waals surface area (Å²) in [6, 6.07) is 6.00. The zero-order valence-corrected chi connectivity index (χ0v) is 12.7. The molecular formula is C17H22N2O2. The van der Waals surface area contributed by atoms with Crippen molar-refractivity contribution in [2.24, 2.45) is 5.41 Å². The van der Waals surface area contributed by atoms with Gasteiger partial charge in [0.05, 0.1) is 0 Å². The van der Waals surface area contributed by atoms with Gasteiger partial charge in [0, 0.05) is 31.6 Å². The van der Waals surface area contributed by atoms with E-state index in [0.29, 0.717) is 6.42 Å². The van der Waals surface area contributed by atoms with Gasteiger partial charge in [-0.2, -0.15) is 0 Å². The molecule has 0 unspecified atom stereocenters. The minimum Gasteiger partial charge on any atom is -0.356 e. The fraction of sp³-hybridized carbons (Fsp3) is 0.529. The monoisotopic (exact) mass is 286 g/mol. The molecule has 3 rings (SSSR count). The lowest BCUT2D eigenvalue weighted by atomic mass is 9.77. The van der Waals surface area contributed by atoms with Gasteiger partial charge in [-0.1, -0.05) is 17.2 Å². The summed E-state index contributed by atoms with van der Waals surface area (Å²) >= 11 is 0. The van der Waals surface area contributed by atoms with Crippen molar-refractivity contribution in [3.8, 4) is 0 Å². The second-order valence-corrected chi connectivity index (χ2v) is 6.62. The van der Waals surface area contributed by atoms with E-state index in [0.717, 1.165) is 49.2 Å². The van der Waals surface area contributed by atoms with E-state index in [9.17, 15) is 9.59 Å². The van der Waals surface area contributed by atoms with Crippen LogP contribution in [-0.4, -0.2) is 36.3 Å². The highest BCUT2D eigenvalue weighted by Gasteiger charge is 2.41. The van der Waals surface area contributed by atoms with Crippen molar-refractivity contribution in [3.63, 3.8) is 0 Å². The van der Waals surface area contributed by atoms with Crippen LogP contribution in [0.3, 0.4) is 0 Å². The summed E-state index contributed by atoms with van der Waals surface area (Å²) in [4.78, 5) is 26.0. The summed E-state index contributed by atoms with van der Waals surface area (Å²) in [6.45, 7) is 6.31. The van der Waals surface area contributed by atoms with Gasteiger partial charge in [-0.3, -0.25) is 9.59 Å². The Bertz CT molecular complexity index is 566. The van der Waals surface area contributed by atoms with Crippen LogP contribution in [0.2, 0.25) is 0 Å². The first kappa shape index (κ1) is 14.1. The van der Waals surface area contributed by atoms with Gasteiger partial charge in [0.1, 0.15) is 0 Å². The Balaban J connectivity index is 1.69. The molecule has 2 heterocycles. The van der Waals surface area contributed by atoms with E-state index in [1.807, 2.05) is 30.9 Å². The molecule has 0 saturated carbocycles. The third kappa shape index (κ3) is 2.80. The van der Waals surface area contributed by atoms with Crippen molar-refractivity contribution in [3.05, 3.63) is 34.9 Å². The number of hydrogen-bond donors (Lipinski definition) is 1. The van der Waals surface area contributed by atoms with Gasteiger partial charge in [-0.15, -0.1) is 0 Å². The van der Waals surface area contributed by atoms with Gasteiger partial charge in [-0.25, -0.2) is 0 Å². The zero-order chi connectivity index (χ0) is 15.0. The van der Waals surface area contributed by atoms with Crippen molar-refractivity contribution in [2.45, 2.75) is 33.1 Å². The molecule has 2 saturated heterocycles. The highest BCUT2D eigenvalue weighted by atomic mass is 16.2. The molecule has 21 heavy (non-hydrogen) atoms. The van der Waals surface area contributed by atoms with E-state index in [1.54, 1.807) is 0 Å². The number of likely N-dealkylation sites (tertiary alicyclic amines) is 1. The molecule has 1 aromatic rings. The van der Waals surface area contributed by atoms with Crippen LogP contribution in [0.4, 0.5) is 0 Å². The lowest BCUT2D eigenvalue weighted by Gasteiger charge is -2.38. The van der Waals surface area contributed by atoms with Crippen LogP contribution in [-0.2, 0) is 4.79 Å². The predicted octanol–water partition coefficient (Wildman–Crippen LogP) is 2.05. The first-order chi connectivity index (χ1) is 9.97. The Morgan fingerprint density at radius 2 is 1.76 bits per heavy atom. The van der Waals surface area contributed by atoms with Crippen molar-refractivity contribution in [1.82, 2.24) is 10.2 Å². The summed E-state index contributed by atoms with van der Waals surface area (Å²) in [7, 11) is 0. The number of amides is 2. The molecule has 0 bridgehead atoms. The molecule has 0 radical (unpaired) electrons. The van der Waals surface area contributed by atoms with E-state index >= 15 is 0 Å². The Labute approximate surface area is 125 Å². The fourth-order valence-electron chi connectivity index (χ4n) is 3.57. The summed E-state index contributed by atoms with van der Waals surface area (Å²) in [5.41, 5.74) is 3.12. The topological polar surface area (TPSA) is 49.4 Å². The fourth-order valence-corrected chi connectivity index (χ4v) is 3.57. The summed E-state index contributed by atoms with van der Waals surface area (Å²) in [6.07, 6.45) is 2.46. The highest BCUT2D eigenvalue weighted by Crippen LogP contribution is 2.37. The molecule has 1 aromatic carbocycles. The average molecular weight is 286 g/mol. The number of piperidine rings is 1. The second-order valence-electron chi connectivity index (χ2n) is 6.62. The maximum atomic E-state index is 12.6. The number of benzene rings is 1. The first-order valence-electron chi connectivity index (χ1n) is 7.62. The van der Waals surface area contributed by atoms with Crippen LogP contribution in [0.5, 0.6) is 0 Å². The first-order valence-corrected chi connectivity index (χ1v) is 7.62. The van der Waals surface area contributed by atoms with Gasteiger partial charge in [0.25, 0.3) is 5.91 Å². The molecule has 2 amide bonds. The third-order valence-electron chi connectivity index (χ3n) is 4.78. The lowest BCUT2D eigenvalue weighted by Crippen LogP contribution is -2.44. The molecule has 112 valence electrons. The minimum atomic E-state index is 0.0936. The normalized spacial score (nSPS) is 20.7. The molecule has 1 N–H and O–H groups in total. The van der Waals surface area contributed by atoms with Crippen molar-refractivity contribution in [2.75, 3.05) is 19.6 Å². The largest absolute Gasteiger partial charge is 0.356 e. The number of nitrogens with one attached hydrogen (secondary N) is 1. The quantitative estimate of drug-likeness (QED) is 0.859. The van der Waals surface area contributed by atoms with Gasteiger partial charge >= 0.3 is 0 Å². The molecule has 0 aromatic heterocycles. The molecule has 1 spiro atoms. The van der Waals surface area contributed by atoms with Crippen LogP contribution in [0.15, 0.2) is 18.2 Å². The Hall–Kier alpha value is -1.84. The van der Waals surface area contributed by atoms with Gasteiger partial charge in [0.2, 0.25) is 5.91 Å². The van der Waals surface area contributed by atoms with E-state index in [-0.39, 0.29) is 17.2 Å². The number of hydrogen-bond acceptors (Lipinski definition) is 2. The molecule has 2 fully saturated rings. The number of carbonyl (C=O) groups is 2. The maximum Gasteiger partial charge on any atom is 0.253 e. The van der Waals surface area contributed by atoms with Gasteiger partial charge in [-0.05, 0) is 44.2 Å². The van der Waals surface area contributed by atoms with Crippen LogP contribution in [0, 0.1) is 19.3 Å². The van der Waals surface area contributed by atoms with Gasteiger partial charge < -0.3 is 10.2 Å². The minimum absolute atomic E-state index is 0.0936. The molecule has 2 aliphatic rings. The zero-order valence-electron chi connectivity index (χ0n) is 12.7. The number of rotatable bonds is 1. The maximum absolute atomic E-state index is 12.6. The third-order valence-corrected chi connectivity index (χ3v) is 4.78. The molecule has 4 nitrogen and oxygen atoms in total. The summed E-state index contributed by atoms with van der Waals surface area (Å²) in [5.74, 6) is 0.276. The SMILES string of the molecule is Cc1cc(C)cc(C(=O)N2CCC3(CC2)CNC(=O)C3)c1. The van der Waals surface area contributed by atoms with E-state index in [1.165, 1.54) is 0 Å². The van der Waals surface area contributed by atoms with E-state index < -0.39 is 0 Å². The Morgan fingerprint density at radius 3 is 2.29 bits per heavy atom. The van der Waals surface area contributed by atoms with Gasteiger partial charge in [0.15, 0.2) is 0 Å². The lowest BCUT2D eigenvalue weighted by molar-refractivity contribution is -0.119. The molecule has 2 aliphatic heterocycles. The van der Waals surface area contributed by atoms with E-state index in [2.05, 4.69) is 11.4 Å². The molecular weight excluding hydrogens is 264 g/mol. The van der Waals surface area contributed by atoms with Crippen LogP contribution in [0.25, 0.3) is 0 Å². The summed E-state index contributed by atoms with van der Waals surface area (Å²) in [5, 5.41) is 2.93. The second kappa shape index (κ2) is 5.17. The summed E-state index contributed by atoms with van der Waals surface area (Å²) < 4.78 is 0. The number of aryl methyl sites for hydroxylation is 2. The predicted molar refractivity (Wildman–Crippen MR) is 81.1 cm³/mol. The standard InChI is InChI=1S/C17H22N2O2/c1-12-7-13(2)9-14(8-12)16(21)19-5-3-17(4-6-19)10-15(20)18-11-17/h7-9H,3-6,10-11H2,1-2H3,(H,18,20). The van der Waals surface area contributed by atoms with E-state index in [4.69, 9.17) is 0 Å². The van der Waals surface area contributed by atoms with Crippen LogP contribution in [0.1, 0.15) is 40.7 Å². The Kier molecular flexibility index (Phi) is 3.47. The van der Waals surface area contributed by atoms with Crippen molar-refractivity contribution < 1.29 is 9.59 Å². The smallest absolute Gasteiger partial charge is 0.253 e. The molecule has 0 atom stereocenters. The van der Waals surface area contributed by atoms with Crippen molar-refractivity contribution >= 4 is 11.8 Å². The molecule has 4 heteroatoms.